The van der Waals surface area contributed by atoms with Crippen LogP contribution >= 0.6 is 0 Å². The summed E-state index contributed by atoms with van der Waals surface area (Å²) in [5.41, 5.74) is 1.53. The van der Waals surface area contributed by atoms with Crippen molar-refractivity contribution in [2.24, 2.45) is 0 Å². The Balaban J connectivity index is 2.04. The Kier molecular flexibility index (Phi) is 5.84. The molecule has 0 aliphatic heterocycles. The smallest absolute Gasteiger partial charge is 0.347 e. The van der Waals surface area contributed by atoms with Crippen LogP contribution in [-0.2, 0) is 11.2 Å². The minimum Gasteiger partial charge on any atom is -0.454 e. The van der Waals surface area contributed by atoms with E-state index < -0.39 is 5.97 Å². The minimum absolute atomic E-state index is 0.226. The lowest BCUT2D eigenvalue weighted by Gasteiger charge is -2.17. The Morgan fingerprint density at radius 2 is 1.56 bits per heavy atom. The number of aryl methyl sites for hydroxylation is 1. The van der Waals surface area contributed by atoms with Crippen LogP contribution in [0.15, 0.2) is 72.8 Å². The van der Waals surface area contributed by atoms with Crippen molar-refractivity contribution in [3.05, 3.63) is 83.9 Å². The monoisotopic (exact) mass is 361 g/mol. The molecule has 3 rings (SSSR count). The molecule has 0 bridgehead atoms. The molecule has 5 heteroatoms. The number of amides is 1. The third-order valence-corrected chi connectivity index (χ3v) is 3.96. The van der Waals surface area contributed by atoms with Crippen LogP contribution in [0.5, 0.6) is 17.2 Å². The van der Waals surface area contributed by atoms with Gasteiger partial charge in [0.15, 0.2) is 5.75 Å². The highest BCUT2D eigenvalue weighted by Gasteiger charge is 2.21. The van der Waals surface area contributed by atoms with Crippen molar-refractivity contribution >= 4 is 18.1 Å². The Hall–Kier alpha value is -3.60. The van der Waals surface area contributed by atoms with Gasteiger partial charge in [0, 0.05) is 0 Å². The lowest BCUT2D eigenvalue weighted by Crippen LogP contribution is -2.12. The largest absolute Gasteiger partial charge is 0.454 e. The number of hydrogen-bond donors (Lipinski definition) is 1. The van der Waals surface area contributed by atoms with Crippen molar-refractivity contribution < 1.29 is 19.1 Å². The first-order chi connectivity index (χ1) is 13.2. The fourth-order valence-corrected chi connectivity index (χ4v) is 2.66. The number of carbonyl (C=O) groups is 2. The molecule has 3 aromatic carbocycles. The maximum absolute atomic E-state index is 12.8. The van der Waals surface area contributed by atoms with Crippen molar-refractivity contribution in [1.82, 2.24) is 0 Å². The number of hydrogen-bond acceptors (Lipinski definition) is 4. The highest BCUT2D eigenvalue weighted by atomic mass is 16.5. The van der Waals surface area contributed by atoms with Crippen LogP contribution in [0, 0.1) is 0 Å². The van der Waals surface area contributed by atoms with Crippen molar-refractivity contribution in [3.8, 4) is 17.2 Å². The number of esters is 1. The van der Waals surface area contributed by atoms with E-state index in [4.69, 9.17) is 9.47 Å². The molecule has 0 heterocycles. The first-order valence-electron chi connectivity index (χ1n) is 8.59. The van der Waals surface area contributed by atoms with Gasteiger partial charge in [0.2, 0.25) is 6.41 Å². The average molecular weight is 361 g/mol. The summed E-state index contributed by atoms with van der Waals surface area (Å²) in [6.45, 7) is 1.96. The quantitative estimate of drug-likeness (QED) is 0.372. The van der Waals surface area contributed by atoms with E-state index in [1.54, 1.807) is 48.5 Å². The Morgan fingerprint density at radius 3 is 2.15 bits per heavy atom. The molecule has 27 heavy (non-hydrogen) atoms. The molecule has 0 aromatic heterocycles. The van der Waals surface area contributed by atoms with Crippen molar-refractivity contribution in [2.75, 3.05) is 5.32 Å². The lowest BCUT2D eigenvalue weighted by molar-refractivity contribution is -0.105. The van der Waals surface area contributed by atoms with Gasteiger partial charge in [-0.2, -0.15) is 0 Å². The molecule has 0 aliphatic rings. The highest BCUT2D eigenvalue weighted by Crippen LogP contribution is 2.37. The van der Waals surface area contributed by atoms with Gasteiger partial charge in [-0.3, -0.25) is 4.79 Å². The van der Waals surface area contributed by atoms with E-state index in [1.165, 1.54) is 0 Å². The van der Waals surface area contributed by atoms with Crippen molar-refractivity contribution in [1.29, 1.82) is 0 Å². The second kappa shape index (κ2) is 8.67. The van der Waals surface area contributed by atoms with Crippen LogP contribution < -0.4 is 14.8 Å². The van der Waals surface area contributed by atoms with Crippen molar-refractivity contribution in [3.63, 3.8) is 0 Å². The minimum atomic E-state index is -0.566. The molecule has 1 amide bonds. The van der Waals surface area contributed by atoms with E-state index in [9.17, 15) is 9.59 Å². The van der Waals surface area contributed by atoms with Crippen LogP contribution in [0.3, 0.4) is 0 Å². The number of para-hydroxylation sites is 2. The first-order valence-corrected chi connectivity index (χ1v) is 8.59. The molecule has 0 spiro atoms. The molecule has 3 aromatic rings. The van der Waals surface area contributed by atoms with Crippen LogP contribution in [0.25, 0.3) is 0 Å². The summed E-state index contributed by atoms with van der Waals surface area (Å²) in [5.74, 6) is 0.670. The average Bonchev–Trinajstić information content (AvgIpc) is 2.70. The van der Waals surface area contributed by atoms with Gasteiger partial charge < -0.3 is 14.8 Å². The number of benzene rings is 3. The normalized spacial score (nSPS) is 10.1. The predicted octanol–water partition coefficient (Wildman–Crippen LogP) is 4.83. The summed E-state index contributed by atoms with van der Waals surface area (Å²) in [5, 5.41) is 2.66. The van der Waals surface area contributed by atoms with Gasteiger partial charge in [-0.05, 0) is 42.3 Å². The van der Waals surface area contributed by atoms with E-state index >= 15 is 0 Å². The summed E-state index contributed by atoms with van der Waals surface area (Å²) < 4.78 is 11.4. The summed E-state index contributed by atoms with van der Waals surface area (Å²) in [4.78, 5) is 23.9. The maximum Gasteiger partial charge on any atom is 0.347 e. The van der Waals surface area contributed by atoms with Gasteiger partial charge in [-0.15, -0.1) is 0 Å². The maximum atomic E-state index is 12.8. The number of carbonyl (C=O) groups excluding carboxylic acids is 2. The predicted molar refractivity (Wildman–Crippen MR) is 103 cm³/mol. The molecule has 1 N–H and O–H groups in total. The first kappa shape index (κ1) is 18.2. The molecule has 0 radical (unpaired) electrons. The summed E-state index contributed by atoms with van der Waals surface area (Å²) in [6, 6.07) is 21.3. The van der Waals surface area contributed by atoms with Gasteiger partial charge in [-0.1, -0.05) is 49.4 Å². The van der Waals surface area contributed by atoms with E-state index in [-0.39, 0.29) is 11.3 Å². The molecule has 0 atom stereocenters. The van der Waals surface area contributed by atoms with E-state index in [1.807, 2.05) is 31.2 Å². The summed E-state index contributed by atoms with van der Waals surface area (Å²) in [7, 11) is 0. The third-order valence-electron chi connectivity index (χ3n) is 3.96. The fourth-order valence-electron chi connectivity index (χ4n) is 2.66. The Morgan fingerprint density at radius 1 is 0.926 bits per heavy atom. The number of nitrogens with one attached hydrogen (secondary N) is 1. The number of ether oxygens (including phenoxy) is 2. The van der Waals surface area contributed by atoms with E-state index in [0.717, 1.165) is 5.56 Å². The van der Waals surface area contributed by atoms with Crippen LogP contribution in [0.4, 0.5) is 5.69 Å². The van der Waals surface area contributed by atoms with E-state index in [0.29, 0.717) is 30.0 Å². The van der Waals surface area contributed by atoms with Gasteiger partial charge in [0.25, 0.3) is 0 Å². The zero-order valence-corrected chi connectivity index (χ0v) is 14.8. The van der Waals surface area contributed by atoms with Crippen LogP contribution in [0.2, 0.25) is 0 Å². The summed E-state index contributed by atoms with van der Waals surface area (Å²) >= 11 is 0. The van der Waals surface area contributed by atoms with E-state index in [2.05, 4.69) is 5.32 Å². The molecule has 136 valence electrons. The second-order valence-corrected chi connectivity index (χ2v) is 5.71. The lowest BCUT2D eigenvalue weighted by atomic mass is 10.0. The van der Waals surface area contributed by atoms with Gasteiger partial charge in [-0.25, -0.2) is 4.79 Å². The van der Waals surface area contributed by atoms with Gasteiger partial charge >= 0.3 is 5.97 Å². The van der Waals surface area contributed by atoms with Crippen LogP contribution in [0.1, 0.15) is 22.8 Å². The fraction of sp³-hybridized carbons (Fsp3) is 0.0909. The molecule has 0 fully saturated rings. The molecule has 5 nitrogen and oxygen atoms in total. The molecular formula is C22H19NO4. The molecule has 0 unspecified atom stereocenters. The van der Waals surface area contributed by atoms with Gasteiger partial charge in [0.05, 0.1) is 5.69 Å². The molecule has 0 saturated heterocycles. The van der Waals surface area contributed by atoms with Crippen LogP contribution in [-0.4, -0.2) is 12.4 Å². The third kappa shape index (κ3) is 4.33. The number of rotatable bonds is 7. The Labute approximate surface area is 157 Å². The SMILES string of the molecule is CCc1ccc(C(=O)Oc2ccccc2)c(Oc2ccccc2)c1NC=O. The number of anilines is 1. The Bertz CT molecular complexity index is 924. The second-order valence-electron chi connectivity index (χ2n) is 5.71. The molecule has 0 aliphatic carbocycles. The zero-order valence-electron chi connectivity index (χ0n) is 14.8. The molecule has 0 saturated carbocycles. The zero-order chi connectivity index (χ0) is 19.1. The van der Waals surface area contributed by atoms with Gasteiger partial charge in [0.1, 0.15) is 17.1 Å². The topological polar surface area (TPSA) is 64.6 Å². The van der Waals surface area contributed by atoms with Crippen molar-refractivity contribution in [2.45, 2.75) is 13.3 Å². The standard InChI is InChI=1S/C22H19NO4/c1-2-16-13-14-19(22(25)27-18-11-7-4-8-12-18)21(20(16)23-15-24)26-17-9-5-3-6-10-17/h3-15H,2H2,1H3,(H,23,24). The highest BCUT2D eigenvalue weighted by molar-refractivity contribution is 5.98. The summed E-state index contributed by atoms with van der Waals surface area (Å²) in [6.07, 6.45) is 1.23. The molecular weight excluding hydrogens is 342 g/mol.